The van der Waals surface area contributed by atoms with E-state index in [1.165, 1.54) is 6.92 Å². The van der Waals surface area contributed by atoms with Crippen LogP contribution in [0.15, 0.2) is 16.6 Å². The van der Waals surface area contributed by atoms with Gasteiger partial charge in [-0.3, -0.25) is 4.72 Å². The molecular weight excluding hydrogens is 325 g/mol. The van der Waals surface area contributed by atoms with Crippen molar-refractivity contribution >= 4 is 54.8 Å². The van der Waals surface area contributed by atoms with E-state index >= 15 is 0 Å². The Morgan fingerprint density at radius 3 is 2.20 bits per heavy atom. The summed E-state index contributed by atoms with van der Waals surface area (Å²) in [6.45, 7) is 1.53. The number of hydrogen-bond acceptors (Lipinski definition) is 2. The van der Waals surface area contributed by atoms with Crippen molar-refractivity contribution in [1.29, 1.82) is 0 Å². The van der Waals surface area contributed by atoms with Gasteiger partial charge in [-0.15, -0.1) is 0 Å². The summed E-state index contributed by atoms with van der Waals surface area (Å²) in [5.41, 5.74) is 0.211. The lowest BCUT2D eigenvalue weighted by atomic mass is 10.3. The van der Waals surface area contributed by atoms with E-state index in [1.807, 2.05) is 0 Å². The molecule has 0 amide bonds. The lowest BCUT2D eigenvalue weighted by Crippen LogP contribution is -2.15. The highest BCUT2D eigenvalue weighted by Gasteiger charge is 2.13. The van der Waals surface area contributed by atoms with Crippen LogP contribution in [-0.2, 0) is 10.0 Å². The van der Waals surface area contributed by atoms with E-state index in [9.17, 15) is 8.42 Å². The highest BCUT2D eigenvalue weighted by Crippen LogP contribution is 2.34. The quantitative estimate of drug-likeness (QED) is 0.920. The van der Waals surface area contributed by atoms with Crippen molar-refractivity contribution in [3.63, 3.8) is 0 Å². The first-order chi connectivity index (χ1) is 6.85. The van der Waals surface area contributed by atoms with E-state index in [0.29, 0.717) is 4.47 Å². The van der Waals surface area contributed by atoms with Gasteiger partial charge in [-0.1, -0.05) is 39.1 Å². The number of anilines is 1. The van der Waals surface area contributed by atoms with Gasteiger partial charge in [0.25, 0.3) is 0 Å². The minimum Gasteiger partial charge on any atom is -0.281 e. The average Bonchev–Trinajstić information content (AvgIpc) is 2.11. The summed E-state index contributed by atoms with van der Waals surface area (Å²) in [5, 5.41) is 0.512. The molecule has 0 heterocycles. The number of benzene rings is 1. The molecule has 0 aliphatic carbocycles. The van der Waals surface area contributed by atoms with Crippen molar-refractivity contribution < 1.29 is 8.42 Å². The predicted octanol–water partition coefficient (Wildman–Crippen LogP) is 3.52. The van der Waals surface area contributed by atoms with Crippen LogP contribution in [0.2, 0.25) is 10.0 Å². The number of rotatable bonds is 3. The molecule has 0 spiro atoms. The average molecular weight is 333 g/mol. The van der Waals surface area contributed by atoms with Gasteiger partial charge in [0.1, 0.15) is 0 Å². The molecule has 0 radical (unpaired) electrons. The maximum absolute atomic E-state index is 11.3. The third-order valence-electron chi connectivity index (χ3n) is 1.64. The van der Waals surface area contributed by atoms with Crippen molar-refractivity contribution in [3.05, 3.63) is 26.7 Å². The van der Waals surface area contributed by atoms with Crippen LogP contribution in [0.25, 0.3) is 0 Å². The summed E-state index contributed by atoms with van der Waals surface area (Å²) in [7, 11) is -3.36. The first kappa shape index (κ1) is 13.1. The first-order valence-corrected chi connectivity index (χ1v) is 7.21. The topological polar surface area (TPSA) is 46.2 Å². The summed E-state index contributed by atoms with van der Waals surface area (Å²) in [6, 6.07) is 3.14. The van der Waals surface area contributed by atoms with Crippen LogP contribution in [0, 0.1) is 0 Å². The van der Waals surface area contributed by atoms with E-state index in [2.05, 4.69) is 20.7 Å². The Morgan fingerprint density at radius 1 is 1.33 bits per heavy atom. The Balaban J connectivity index is 3.17. The van der Waals surface area contributed by atoms with Gasteiger partial charge in [-0.2, -0.15) is 0 Å². The van der Waals surface area contributed by atoms with Crippen LogP contribution >= 0.6 is 39.1 Å². The monoisotopic (exact) mass is 331 g/mol. The molecule has 0 aliphatic heterocycles. The number of nitrogens with one attached hydrogen (secondary N) is 1. The Hall–Kier alpha value is 0.0300. The Kier molecular flexibility index (Phi) is 4.29. The predicted molar refractivity (Wildman–Crippen MR) is 67.2 cm³/mol. The Morgan fingerprint density at radius 2 is 1.80 bits per heavy atom. The molecule has 1 aromatic rings. The fourth-order valence-electron chi connectivity index (χ4n) is 0.867. The zero-order valence-electron chi connectivity index (χ0n) is 7.72. The molecule has 0 saturated heterocycles. The van der Waals surface area contributed by atoms with E-state index in [1.54, 1.807) is 12.1 Å². The van der Waals surface area contributed by atoms with Gasteiger partial charge in [-0.05, 0) is 19.1 Å². The lowest BCUT2D eigenvalue weighted by molar-refractivity contribution is 0.602. The van der Waals surface area contributed by atoms with E-state index < -0.39 is 10.0 Å². The first-order valence-electron chi connectivity index (χ1n) is 4.00. The smallest absolute Gasteiger partial charge is 0.232 e. The molecule has 0 aliphatic rings. The van der Waals surface area contributed by atoms with E-state index in [0.717, 1.165) is 0 Å². The minimum atomic E-state index is -3.36. The molecule has 7 heteroatoms. The molecule has 84 valence electrons. The molecule has 0 unspecified atom stereocenters. The molecule has 1 aromatic carbocycles. The summed E-state index contributed by atoms with van der Waals surface area (Å²) in [5.74, 6) is -0.0320. The van der Waals surface area contributed by atoms with Crippen molar-refractivity contribution in [1.82, 2.24) is 0 Å². The van der Waals surface area contributed by atoms with Gasteiger partial charge in [0.05, 0.1) is 21.5 Å². The minimum absolute atomic E-state index is 0.0320. The number of halogens is 3. The highest BCUT2D eigenvalue weighted by atomic mass is 79.9. The van der Waals surface area contributed by atoms with E-state index in [-0.39, 0.29) is 21.5 Å². The molecule has 3 nitrogen and oxygen atoms in total. The molecule has 1 N–H and O–H groups in total. The van der Waals surface area contributed by atoms with Gasteiger partial charge >= 0.3 is 0 Å². The third kappa shape index (κ3) is 3.52. The Bertz CT molecular complexity index is 453. The normalized spacial score (nSPS) is 11.5. The third-order valence-corrected chi connectivity index (χ3v) is 3.97. The standard InChI is InChI=1S/C8H8BrCl2NO2S/c1-2-15(13,14)12-8-6(10)3-5(9)4-7(8)11/h3-4,12H,2H2,1H3. The van der Waals surface area contributed by atoms with Crippen LogP contribution in [0.1, 0.15) is 6.92 Å². The highest BCUT2D eigenvalue weighted by molar-refractivity contribution is 9.10. The molecule has 0 aromatic heterocycles. The Labute approximate surface area is 107 Å². The fourth-order valence-corrected chi connectivity index (χ4v) is 2.96. The van der Waals surface area contributed by atoms with Gasteiger partial charge in [0.15, 0.2) is 0 Å². The molecule has 1 rings (SSSR count). The summed E-state index contributed by atoms with van der Waals surface area (Å²) in [4.78, 5) is 0. The number of sulfonamides is 1. The van der Waals surface area contributed by atoms with Gasteiger partial charge in [-0.25, -0.2) is 8.42 Å². The van der Waals surface area contributed by atoms with Gasteiger partial charge in [0, 0.05) is 4.47 Å². The van der Waals surface area contributed by atoms with Crippen LogP contribution in [-0.4, -0.2) is 14.2 Å². The largest absolute Gasteiger partial charge is 0.281 e. The SMILES string of the molecule is CCS(=O)(=O)Nc1c(Cl)cc(Br)cc1Cl. The fraction of sp³-hybridized carbons (Fsp3) is 0.250. The molecule has 0 atom stereocenters. The summed E-state index contributed by atoms with van der Waals surface area (Å²) >= 11 is 14.9. The second-order valence-electron chi connectivity index (χ2n) is 2.75. The summed E-state index contributed by atoms with van der Waals surface area (Å²) < 4.78 is 25.6. The van der Waals surface area contributed by atoms with Gasteiger partial charge in [0.2, 0.25) is 10.0 Å². The number of hydrogen-bond donors (Lipinski definition) is 1. The maximum Gasteiger partial charge on any atom is 0.232 e. The molecule has 0 bridgehead atoms. The second-order valence-corrected chi connectivity index (χ2v) is 6.49. The lowest BCUT2D eigenvalue weighted by Gasteiger charge is -2.10. The van der Waals surface area contributed by atoms with Crippen LogP contribution < -0.4 is 4.72 Å². The van der Waals surface area contributed by atoms with Crippen molar-refractivity contribution in [2.45, 2.75) is 6.92 Å². The summed E-state index contributed by atoms with van der Waals surface area (Å²) in [6.07, 6.45) is 0. The van der Waals surface area contributed by atoms with Crippen LogP contribution in [0.5, 0.6) is 0 Å². The molecule has 0 fully saturated rings. The van der Waals surface area contributed by atoms with Crippen LogP contribution in [0.3, 0.4) is 0 Å². The zero-order chi connectivity index (χ0) is 11.6. The van der Waals surface area contributed by atoms with Crippen molar-refractivity contribution in [2.75, 3.05) is 10.5 Å². The van der Waals surface area contributed by atoms with E-state index in [4.69, 9.17) is 23.2 Å². The maximum atomic E-state index is 11.3. The molecule has 15 heavy (non-hydrogen) atoms. The van der Waals surface area contributed by atoms with Crippen molar-refractivity contribution in [3.8, 4) is 0 Å². The van der Waals surface area contributed by atoms with Crippen LogP contribution in [0.4, 0.5) is 5.69 Å². The van der Waals surface area contributed by atoms with Crippen molar-refractivity contribution in [2.24, 2.45) is 0 Å². The van der Waals surface area contributed by atoms with Gasteiger partial charge < -0.3 is 0 Å². The molecular formula is C8H8BrCl2NO2S. The second kappa shape index (κ2) is 4.91. The zero-order valence-corrected chi connectivity index (χ0v) is 11.6. The molecule has 0 saturated carbocycles.